The van der Waals surface area contributed by atoms with Crippen LogP contribution in [-0.2, 0) is 6.42 Å². The Balaban J connectivity index is 1.40. The maximum atomic E-state index is 13.0. The van der Waals surface area contributed by atoms with Crippen molar-refractivity contribution in [2.24, 2.45) is 0 Å². The van der Waals surface area contributed by atoms with Crippen LogP contribution in [0.2, 0.25) is 0 Å². The first-order valence-corrected chi connectivity index (χ1v) is 10.00. The molecule has 0 atom stereocenters. The van der Waals surface area contributed by atoms with Crippen molar-refractivity contribution in [1.29, 1.82) is 0 Å². The van der Waals surface area contributed by atoms with E-state index in [4.69, 9.17) is 4.42 Å². The third-order valence-corrected chi connectivity index (χ3v) is 5.60. The highest BCUT2D eigenvalue weighted by Crippen LogP contribution is 2.34. The molecule has 2 aliphatic heterocycles. The maximum Gasteiger partial charge on any atom is 0.327 e. The molecule has 5 rings (SSSR count). The third-order valence-electron chi connectivity index (χ3n) is 5.60. The Hall–Kier alpha value is -3.13. The molecule has 0 aliphatic carbocycles. The number of rotatable bonds is 2. The summed E-state index contributed by atoms with van der Waals surface area (Å²) in [7, 11) is 0. The highest BCUT2D eigenvalue weighted by molar-refractivity contribution is 6.03. The SMILES string of the molecule is Cc1nc2c(C)cc(NC(=O)N3CCc4c(N5CCNCC5)ccnc43)cc2o1. The van der Waals surface area contributed by atoms with Crippen LogP contribution >= 0.6 is 0 Å². The smallest absolute Gasteiger partial charge is 0.327 e. The number of benzene rings is 1. The van der Waals surface area contributed by atoms with Crippen LogP contribution in [0.5, 0.6) is 0 Å². The van der Waals surface area contributed by atoms with Crippen LogP contribution in [0.15, 0.2) is 28.8 Å². The average molecular weight is 392 g/mol. The number of nitrogens with one attached hydrogen (secondary N) is 2. The number of carbonyl (C=O) groups excluding carboxylic acids is 1. The van der Waals surface area contributed by atoms with Gasteiger partial charge in [0, 0.05) is 68.8 Å². The van der Waals surface area contributed by atoms with Gasteiger partial charge in [0.25, 0.3) is 0 Å². The zero-order valence-electron chi connectivity index (χ0n) is 16.7. The quantitative estimate of drug-likeness (QED) is 0.697. The molecule has 1 fully saturated rings. The number of aryl methyl sites for hydroxylation is 2. The molecule has 1 saturated heterocycles. The molecule has 2 amide bonds. The molecule has 4 heterocycles. The highest BCUT2D eigenvalue weighted by Gasteiger charge is 2.30. The van der Waals surface area contributed by atoms with Gasteiger partial charge in [-0.1, -0.05) is 0 Å². The molecular weight excluding hydrogens is 368 g/mol. The summed E-state index contributed by atoms with van der Waals surface area (Å²) in [6, 6.07) is 5.63. The zero-order valence-corrected chi connectivity index (χ0v) is 16.7. The van der Waals surface area contributed by atoms with Crippen molar-refractivity contribution in [3.63, 3.8) is 0 Å². The number of oxazole rings is 1. The van der Waals surface area contributed by atoms with E-state index in [1.165, 1.54) is 5.69 Å². The fraction of sp³-hybridized carbons (Fsp3) is 0.381. The van der Waals surface area contributed by atoms with Crippen LogP contribution < -0.4 is 20.4 Å². The molecule has 2 N–H and O–H groups in total. The molecule has 8 heteroatoms. The van der Waals surface area contributed by atoms with Gasteiger partial charge in [-0.05, 0) is 31.0 Å². The molecule has 1 aromatic carbocycles. The number of piperazine rings is 1. The second-order valence-electron chi connectivity index (χ2n) is 7.57. The van der Waals surface area contributed by atoms with Gasteiger partial charge in [0.05, 0.1) is 0 Å². The summed E-state index contributed by atoms with van der Waals surface area (Å²) in [4.78, 5) is 26.0. The van der Waals surface area contributed by atoms with Crippen molar-refractivity contribution in [2.75, 3.05) is 47.8 Å². The number of aromatic nitrogens is 2. The van der Waals surface area contributed by atoms with Gasteiger partial charge in [-0.25, -0.2) is 14.8 Å². The molecule has 3 aromatic rings. The van der Waals surface area contributed by atoms with E-state index >= 15 is 0 Å². The van der Waals surface area contributed by atoms with Crippen LogP contribution in [0.25, 0.3) is 11.1 Å². The number of carbonyl (C=O) groups is 1. The Bertz CT molecular complexity index is 1090. The van der Waals surface area contributed by atoms with E-state index in [1.807, 2.05) is 26.0 Å². The van der Waals surface area contributed by atoms with Crippen molar-refractivity contribution in [2.45, 2.75) is 20.3 Å². The highest BCUT2D eigenvalue weighted by atomic mass is 16.3. The lowest BCUT2D eigenvalue weighted by atomic mass is 10.1. The van der Waals surface area contributed by atoms with E-state index < -0.39 is 0 Å². The standard InChI is InChI=1S/C21H24N6O2/c1-13-11-15(12-18-19(13)24-14(2)29-18)25-21(28)27-8-4-16-17(3-5-23-20(16)27)26-9-6-22-7-10-26/h3,5,11-12,22H,4,6-10H2,1-2H3,(H,25,28). The van der Waals surface area contributed by atoms with Crippen molar-refractivity contribution < 1.29 is 9.21 Å². The molecule has 2 aliphatic rings. The Morgan fingerprint density at radius 2 is 2.03 bits per heavy atom. The number of amides is 2. The molecule has 150 valence electrons. The molecule has 0 saturated carbocycles. The Kier molecular flexibility index (Phi) is 4.35. The number of fused-ring (bicyclic) bond motifs is 2. The maximum absolute atomic E-state index is 13.0. The lowest BCUT2D eigenvalue weighted by Gasteiger charge is -2.31. The summed E-state index contributed by atoms with van der Waals surface area (Å²) >= 11 is 0. The number of hydrogen-bond acceptors (Lipinski definition) is 6. The molecule has 0 bridgehead atoms. The summed E-state index contributed by atoms with van der Waals surface area (Å²) in [6.45, 7) is 8.30. The summed E-state index contributed by atoms with van der Waals surface area (Å²) in [5, 5.41) is 6.38. The molecule has 0 radical (unpaired) electrons. The van der Waals surface area contributed by atoms with Gasteiger partial charge in [-0.3, -0.25) is 4.90 Å². The first kappa shape index (κ1) is 17.9. The van der Waals surface area contributed by atoms with E-state index in [-0.39, 0.29) is 6.03 Å². The Morgan fingerprint density at radius 1 is 1.21 bits per heavy atom. The number of pyridine rings is 1. The van der Waals surface area contributed by atoms with Crippen LogP contribution in [0.3, 0.4) is 0 Å². The van der Waals surface area contributed by atoms with Gasteiger partial charge < -0.3 is 20.0 Å². The third kappa shape index (κ3) is 3.19. The molecule has 0 unspecified atom stereocenters. The number of hydrogen-bond donors (Lipinski definition) is 2. The molecule has 0 spiro atoms. The van der Waals surface area contributed by atoms with E-state index in [1.54, 1.807) is 11.1 Å². The van der Waals surface area contributed by atoms with Crippen molar-refractivity contribution in [3.05, 3.63) is 41.4 Å². The lowest BCUT2D eigenvalue weighted by Crippen LogP contribution is -2.43. The Morgan fingerprint density at radius 3 is 2.86 bits per heavy atom. The van der Waals surface area contributed by atoms with E-state index in [2.05, 4.69) is 31.6 Å². The zero-order chi connectivity index (χ0) is 20.0. The fourth-order valence-electron chi connectivity index (χ4n) is 4.24. The Labute approximate surface area is 168 Å². The van der Waals surface area contributed by atoms with Crippen molar-refractivity contribution in [1.82, 2.24) is 15.3 Å². The average Bonchev–Trinajstić information content (AvgIpc) is 3.32. The minimum Gasteiger partial charge on any atom is -0.441 e. The second kappa shape index (κ2) is 7.04. The van der Waals surface area contributed by atoms with Gasteiger partial charge in [-0.15, -0.1) is 0 Å². The lowest BCUT2D eigenvalue weighted by molar-refractivity contribution is 0.257. The topological polar surface area (TPSA) is 86.5 Å². The first-order valence-electron chi connectivity index (χ1n) is 10.00. The summed E-state index contributed by atoms with van der Waals surface area (Å²) < 4.78 is 5.64. The predicted octanol–water partition coefficient (Wildman–Crippen LogP) is 2.84. The summed E-state index contributed by atoms with van der Waals surface area (Å²) in [6.07, 6.45) is 2.62. The number of nitrogens with zero attached hydrogens (tertiary/aromatic N) is 4. The predicted molar refractivity (Wildman–Crippen MR) is 113 cm³/mol. The van der Waals surface area contributed by atoms with Gasteiger partial charge >= 0.3 is 6.03 Å². The second-order valence-corrected chi connectivity index (χ2v) is 7.57. The summed E-state index contributed by atoms with van der Waals surface area (Å²) in [5.74, 6) is 1.37. The minimum absolute atomic E-state index is 0.177. The van der Waals surface area contributed by atoms with Gasteiger partial charge in [0.15, 0.2) is 11.5 Å². The molecular formula is C21H24N6O2. The van der Waals surface area contributed by atoms with E-state index in [9.17, 15) is 4.79 Å². The van der Waals surface area contributed by atoms with Crippen molar-refractivity contribution in [3.8, 4) is 0 Å². The minimum atomic E-state index is -0.177. The normalized spacial score (nSPS) is 16.3. The largest absolute Gasteiger partial charge is 0.441 e. The van der Waals surface area contributed by atoms with Gasteiger partial charge in [0.1, 0.15) is 11.3 Å². The fourth-order valence-corrected chi connectivity index (χ4v) is 4.24. The summed E-state index contributed by atoms with van der Waals surface area (Å²) in [5.41, 5.74) is 5.52. The van der Waals surface area contributed by atoms with Crippen LogP contribution in [0, 0.1) is 13.8 Å². The van der Waals surface area contributed by atoms with E-state index in [0.29, 0.717) is 23.7 Å². The number of urea groups is 1. The first-order chi connectivity index (χ1) is 14.1. The monoisotopic (exact) mass is 392 g/mol. The molecule has 8 nitrogen and oxygen atoms in total. The van der Waals surface area contributed by atoms with Crippen LogP contribution in [0.4, 0.5) is 22.0 Å². The van der Waals surface area contributed by atoms with Crippen LogP contribution in [-0.4, -0.2) is 48.7 Å². The van der Waals surface area contributed by atoms with Gasteiger partial charge in [-0.2, -0.15) is 0 Å². The molecule has 2 aromatic heterocycles. The number of anilines is 3. The van der Waals surface area contributed by atoms with E-state index in [0.717, 1.165) is 55.1 Å². The van der Waals surface area contributed by atoms with Crippen molar-refractivity contribution >= 4 is 34.3 Å². The molecule has 29 heavy (non-hydrogen) atoms. The van der Waals surface area contributed by atoms with Crippen LogP contribution in [0.1, 0.15) is 17.0 Å². The van der Waals surface area contributed by atoms with Gasteiger partial charge in [0.2, 0.25) is 0 Å².